The number of methoxy groups -OCH3 is 1. The van der Waals surface area contributed by atoms with Crippen LogP contribution >= 0.6 is 0 Å². The lowest BCUT2D eigenvalue weighted by atomic mass is 9.98. The predicted octanol–water partition coefficient (Wildman–Crippen LogP) is 4.13. The second kappa shape index (κ2) is 7.27. The molecule has 0 aliphatic carbocycles. The van der Waals surface area contributed by atoms with Crippen LogP contribution < -0.4 is 9.46 Å². The quantitative estimate of drug-likeness (QED) is 0.785. The number of ketones is 1. The first-order chi connectivity index (χ1) is 11.7. The number of ether oxygens (including phenoxy) is 1. The zero-order valence-electron chi connectivity index (χ0n) is 15.1. The molecule has 2 rings (SSSR count). The summed E-state index contributed by atoms with van der Waals surface area (Å²) in [6.07, 6.45) is 0. The van der Waals surface area contributed by atoms with E-state index in [4.69, 9.17) is 4.74 Å². The Kier molecular flexibility index (Phi) is 5.52. The number of sulfonamides is 1. The van der Waals surface area contributed by atoms with Crippen LogP contribution in [0.4, 0.5) is 5.69 Å². The number of hydrogen-bond acceptors (Lipinski definition) is 4. The number of nitrogens with one attached hydrogen (secondary N) is 1. The van der Waals surface area contributed by atoms with Gasteiger partial charge in [0.1, 0.15) is 10.6 Å². The van der Waals surface area contributed by atoms with Crippen LogP contribution in [0, 0.1) is 6.92 Å². The molecule has 0 heterocycles. The van der Waals surface area contributed by atoms with Crippen molar-refractivity contribution >= 4 is 21.5 Å². The van der Waals surface area contributed by atoms with E-state index < -0.39 is 10.0 Å². The molecule has 0 fully saturated rings. The van der Waals surface area contributed by atoms with Crippen LogP contribution in [0.25, 0.3) is 0 Å². The Bertz CT molecular complexity index is 884. The smallest absolute Gasteiger partial charge is 0.265 e. The minimum atomic E-state index is -3.82. The molecule has 0 saturated heterocycles. The van der Waals surface area contributed by atoms with E-state index in [2.05, 4.69) is 4.72 Å². The van der Waals surface area contributed by atoms with Crippen molar-refractivity contribution in [3.05, 3.63) is 53.1 Å². The van der Waals surface area contributed by atoms with Gasteiger partial charge in [0.25, 0.3) is 10.0 Å². The number of aryl methyl sites for hydroxylation is 1. The number of Topliss-reactive ketones (excluding diaryl/α,β-unsaturated/α-hetero) is 1. The summed E-state index contributed by atoms with van der Waals surface area (Å²) in [5, 5.41) is 0. The van der Waals surface area contributed by atoms with Crippen LogP contribution in [0.5, 0.6) is 5.75 Å². The molecule has 0 aromatic heterocycles. The molecule has 6 heteroatoms. The maximum atomic E-state index is 12.8. The van der Waals surface area contributed by atoms with E-state index >= 15 is 0 Å². The Morgan fingerprint density at radius 1 is 1.12 bits per heavy atom. The lowest BCUT2D eigenvalue weighted by Crippen LogP contribution is -2.15. The van der Waals surface area contributed by atoms with Crippen LogP contribution in [0.1, 0.15) is 48.2 Å². The fourth-order valence-corrected chi connectivity index (χ4v) is 3.90. The van der Waals surface area contributed by atoms with Crippen molar-refractivity contribution < 1.29 is 17.9 Å². The summed E-state index contributed by atoms with van der Waals surface area (Å²) in [7, 11) is -2.37. The van der Waals surface area contributed by atoms with Gasteiger partial charge in [-0.25, -0.2) is 8.42 Å². The Morgan fingerprint density at radius 3 is 2.20 bits per heavy atom. The molecule has 5 nitrogen and oxygen atoms in total. The van der Waals surface area contributed by atoms with Crippen molar-refractivity contribution in [3.8, 4) is 5.75 Å². The Morgan fingerprint density at radius 2 is 1.72 bits per heavy atom. The highest BCUT2D eigenvalue weighted by Crippen LogP contribution is 2.32. The van der Waals surface area contributed by atoms with Gasteiger partial charge in [-0.05, 0) is 67.3 Å². The van der Waals surface area contributed by atoms with Gasteiger partial charge >= 0.3 is 0 Å². The standard InChI is InChI=1S/C19H23NO4S/c1-12(2)17-11-19(18(24-5)10-13(17)3)25(22,23)20-16-8-6-15(7-9-16)14(4)21/h6-12,20H,1-5H3. The zero-order chi connectivity index (χ0) is 18.8. The molecule has 134 valence electrons. The van der Waals surface area contributed by atoms with Crippen molar-refractivity contribution in [1.82, 2.24) is 0 Å². The van der Waals surface area contributed by atoms with Gasteiger partial charge in [-0.2, -0.15) is 0 Å². The molecule has 0 bridgehead atoms. The van der Waals surface area contributed by atoms with Gasteiger partial charge in [0.05, 0.1) is 7.11 Å². The minimum Gasteiger partial charge on any atom is -0.495 e. The van der Waals surface area contributed by atoms with Crippen LogP contribution in [0.15, 0.2) is 41.3 Å². The van der Waals surface area contributed by atoms with Gasteiger partial charge in [0.15, 0.2) is 5.78 Å². The summed E-state index contributed by atoms with van der Waals surface area (Å²) in [5.41, 5.74) is 2.85. The molecule has 0 atom stereocenters. The first-order valence-corrected chi connectivity index (χ1v) is 9.46. The molecule has 0 aliphatic heterocycles. The minimum absolute atomic E-state index is 0.0730. The molecule has 0 aliphatic rings. The van der Waals surface area contributed by atoms with E-state index in [-0.39, 0.29) is 16.6 Å². The first-order valence-electron chi connectivity index (χ1n) is 7.98. The van der Waals surface area contributed by atoms with E-state index in [9.17, 15) is 13.2 Å². The molecule has 0 amide bonds. The third-order valence-corrected chi connectivity index (χ3v) is 5.41. The lowest BCUT2D eigenvalue weighted by molar-refractivity contribution is 0.101. The van der Waals surface area contributed by atoms with Crippen LogP contribution in [0.2, 0.25) is 0 Å². The first kappa shape index (κ1) is 19.0. The summed E-state index contributed by atoms with van der Waals surface area (Å²) in [6, 6.07) is 9.71. The second-order valence-corrected chi connectivity index (χ2v) is 7.90. The molecule has 0 unspecified atom stereocenters. The van der Waals surface area contributed by atoms with Crippen molar-refractivity contribution in [2.45, 2.75) is 38.5 Å². The van der Waals surface area contributed by atoms with Crippen LogP contribution in [-0.4, -0.2) is 21.3 Å². The van der Waals surface area contributed by atoms with E-state index in [1.807, 2.05) is 20.8 Å². The van der Waals surface area contributed by atoms with Crippen molar-refractivity contribution in [2.75, 3.05) is 11.8 Å². The number of carbonyl (C=O) groups excluding carboxylic acids is 1. The molecule has 2 aromatic carbocycles. The SMILES string of the molecule is COc1cc(C)c(C(C)C)cc1S(=O)(=O)Nc1ccc(C(C)=O)cc1. The Labute approximate surface area is 149 Å². The van der Waals surface area contributed by atoms with Crippen molar-refractivity contribution in [2.24, 2.45) is 0 Å². The van der Waals surface area contributed by atoms with Gasteiger partial charge in [0, 0.05) is 11.3 Å². The monoisotopic (exact) mass is 361 g/mol. The summed E-state index contributed by atoms with van der Waals surface area (Å²) in [4.78, 5) is 11.4. The van der Waals surface area contributed by atoms with E-state index in [1.54, 1.807) is 36.4 Å². The van der Waals surface area contributed by atoms with Gasteiger partial charge in [-0.1, -0.05) is 13.8 Å². The Balaban J connectivity index is 2.44. The second-order valence-electron chi connectivity index (χ2n) is 6.25. The van der Waals surface area contributed by atoms with E-state index in [0.29, 0.717) is 17.0 Å². The van der Waals surface area contributed by atoms with Gasteiger partial charge < -0.3 is 4.74 Å². The molecular formula is C19H23NO4S. The van der Waals surface area contributed by atoms with Crippen LogP contribution in [0.3, 0.4) is 0 Å². The third-order valence-electron chi connectivity index (χ3n) is 4.01. The topological polar surface area (TPSA) is 72.5 Å². The average molecular weight is 361 g/mol. The van der Waals surface area contributed by atoms with E-state index in [0.717, 1.165) is 11.1 Å². The van der Waals surface area contributed by atoms with Crippen molar-refractivity contribution in [3.63, 3.8) is 0 Å². The van der Waals surface area contributed by atoms with Gasteiger partial charge in [0.2, 0.25) is 0 Å². The number of anilines is 1. The van der Waals surface area contributed by atoms with Gasteiger partial charge in [-0.15, -0.1) is 0 Å². The third kappa shape index (κ3) is 4.20. The van der Waals surface area contributed by atoms with E-state index in [1.165, 1.54) is 14.0 Å². The fraction of sp³-hybridized carbons (Fsp3) is 0.316. The van der Waals surface area contributed by atoms with Gasteiger partial charge in [-0.3, -0.25) is 9.52 Å². The molecule has 25 heavy (non-hydrogen) atoms. The predicted molar refractivity (Wildman–Crippen MR) is 99.1 cm³/mol. The Hall–Kier alpha value is -2.34. The maximum Gasteiger partial charge on any atom is 0.265 e. The molecular weight excluding hydrogens is 338 g/mol. The number of hydrogen-bond donors (Lipinski definition) is 1. The number of carbonyl (C=O) groups is 1. The summed E-state index contributed by atoms with van der Waals surface area (Å²) >= 11 is 0. The number of rotatable bonds is 6. The zero-order valence-corrected chi connectivity index (χ0v) is 15.9. The summed E-state index contributed by atoms with van der Waals surface area (Å²) in [6.45, 7) is 7.42. The molecule has 2 aromatic rings. The lowest BCUT2D eigenvalue weighted by Gasteiger charge is -2.17. The average Bonchev–Trinajstić information content (AvgIpc) is 2.54. The number of benzene rings is 2. The van der Waals surface area contributed by atoms with Crippen LogP contribution in [-0.2, 0) is 10.0 Å². The molecule has 0 spiro atoms. The summed E-state index contributed by atoms with van der Waals surface area (Å²) in [5.74, 6) is 0.417. The largest absolute Gasteiger partial charge is 0.495 e. The highest BCUT2D eigenvalue weighted by Gasteiger charge is 2.22. The molecule has 0 saturated carbocycles. The normalized spacial score (nSPS) is 11.4. The molecule has 0 radical (unpaired) electrons. The summed E-state index contributed by atoms with van der Waals surface area (Å²) < 4.78 is 33.5. The molecule has 1 N–H and O–H groups in total. The highest BCUT2D eigenvalue weighted by atomic mass is 32.2. The highest BCUT2D eigenvalue weighted by molar-refractivity contribution is 7.92. The maximum absolute atomic E-state index is 12.8. The van der Waals surface area contributed by atoms with Crippen molar-refractivity contribution in [1.29, 1.82) is 0 Å². The fourth-order valence-electron chi connectivity index (χ4n) is 2.65.